The normalized spacial score (nSPS) is 14.5. The highest BCUT2D eigenvalue weighted by atomic mass is 127. The molecule has 6 nitrogen and oxygen atoms in total. The number of nitrogens with one attached hydrogen (secondary N) is 1. The zero-order valence-corrected chi connectivity index (χ0v) is 20.6. The first kappa shape index (κ1) is 25.0. The van der Waals surface area contributed by atoms with Crippen LogP contribution in [0.15, 0.2) is 59.6 Å². The average molecular weight is 537 g/mol. The van der Waals surface area contributed by atoms with Crippen molar-refractivity contribution in [3.8, 4) is 5.75 Å². The third-order valence-corrected chi connectivity index (χ3v) is 5.32. The summed E-state index contributed by atoms with van der Waals surface area (Å²) in [6.45, 7) is 5.06. The van der Waals surface area contributed by atoms with Gasteiger partial charge < -0.3 is 19.7 Å². The number of nitrogens with zero attached hydrogens (tertiary/aromatic N) is 2. The highest BCUT2D eigenvalue weighted by Gasteiger charge is 2.27. The van der Waals surface area contributed by atoms with Crippen LogP contribution >= 0.6 is 24.0 Å². The van der Waals surface area contributed by atoms with Crippen LogP contribution in [-0.4, -0.2) is 43.6 Å². The molecule has 0 amide bonds. The minimum absolute atomic E-state index is 0. The van der Waals surface area contributed by atoms with Crippen LogP contribution in [0.3, 0.4) is 0 Å². The number of aliphatic imine (C=N–C) groups is 1. The Morgan fingerprint density at radius 1 is 1.06 bits per heavy atom. The quantitative estimate of drug-likeness (QED) is 0.248. The van der Waals surface area contributed by atoms with Gasteiger partial charge in [0.1, 0.15) is 12.4 Å². The molecule has 0 radical (unpaired) electrons. The molecule has 0 aromatic heterocycles. The molecule has 0 atom stereocenters. The van der Waals surface area contributed by atoms with Crippen molar-refractivity contribution in [2.75, 3.05) is 26.7 Å². The third kappa shape index (κ3) is 7.41. The first-order valence-electron chi connectivity index (χ1n) is 10.6. The molecule has 168 valence electrons. The fourth-order valence-electron chi connectivity index (χ4n) is 3.64. The predicted octanol–water partition coefficient (Wildman–Crippen LogP) is 4.23. The number of carbonyl (C=O) groups excluding carboxylic acids is 1. The Labute approximate surface area is 202 Å². The van der Waals surface area contributed by atoms with Crippen molar-refractivity contribution >= 4 is 35.9 Å². The maximum absolute atomic E-state index is 12.0. The first-order chi connectivity index (χ1) is 14.7. The zero-order chi connectivity index (χ0) is 21.2. The van der Waals surface area contributed by atoms with E-state index in [9.17, 15) is 4.79 Å². The number of likely N-dealkylation sites (tertiary alicyclic amines) is 1. The van der Waals surface area contributed by atoms with Gasteiger partial charge in [-0.1, -0.05) is 42.5 Å². The van der Waals surface area contributed by atoms with E-state index < -0.39 is 0 Å². The van der Waals surface area contributed by atoms with E-state index in [0.29, 0.717) is 19.8 Å². The molecule has 2 aromatic rings. The van der Waals surface area contributed by atoms with Crippen molar-refractivity contribution in [2.24, 2.45) is 10.9 Å². The standard InChI is InChI=1S/C24H31N3O3.HI/c1-3-29-23(28)19-13-15-27(16-14-19)24(25-2)26-17-20-9-7-8-10-21(20)18-30-22-11-5-4-6-12-22;/h4-12,19H,3,13-18H2,1-2H3,(H,25,26);1H. The van der Waals surface area contributed by atoms with Crippen LogP contribution in [0.5, 0.6) is 5.75 Å². The molecule has 1 aliphatic heterocycles. The van der Waals surface area contributed by atoms with E-state index in [1.807, 2.05) is 49.4 Å². The summed E-state index contributed by atoms with van der Waals surface area (Å²) < 4.78 is 11.1. The zero-order valence-electron chi connectivity index (χ0n) is 18.3. The van der Waals surface area contributed by atoms with Crippen molar-refractivity contribution < 1.29 is 14.3 Å². The Morgan fingerprint density at radius 3 is 2.35 bits per heavy atom. The van der Waals surface area contributed by atoms with E-state index in [1.54, 1.807) is 7.05 Å². The Balaban J connectivity index is 0.00000341. The van der Waals surface area contributed by atoms with Gasteiger partial charge in [-0.2, -0.15) is 0 Å². The van der Waals surface area contributed by atoms with Crippen LogP contribution in [0.2, 0.25) is 0 Å². The van der Waals surface area contributed by atoms with E-state index in [2.05, 4.69) is 27.3 Å². The molecule has 1 aliphatic rings. The second kappa shape index (κ2) is 13.2. The summed E-state index contributed by atoms with van der Waals surface area (Å²) in [6, 6.07) is 18.1. The molecule has 0 bridgehead atoms. The summed E-state index contributed by atoms with van der Waals surface area (Å²) in [6.07, 6.45) is 1.59. The number of piperidine rings is 1. The number of esters is 1. The highest BCUT2D eigenvalue weighted by Crippen LogP contribution is 2.19. The summed E-state index contributed by atoms with van der Waals surface area (Å²) in [5.41, 5.74) is 2.32. The molecule has 1 fully saturated rings. The molecule has 0 spiro atoms. The van der Waals surface area contributed by atoms with Crippen molar-refractivity contribution in [3.63, 3.8) is 0 Å². The Kier molecular flexibility index (Phi) is 10.6. The van der Waals surface area contributed by atoms with Gasteiger partial charge in [0.15, 0.2) is 5.96 Å². The van der Waals surface area contributed by atoms with Crippen molar-refractivity contribution in [1.29, 1.82) is 0 Å². The van der Waals surface area contributed by atoms with Gasteiger partial charge in [0.05, 0.1) is 12.5 Å². The van der Waals surface area contributed by atoms with Gasteiger partial charge in [-0.15, -0.1) is 24.0 Å². The van der Waals surface area contributed by atoms with Crippen molar-refractivity contribution in [2.45, 2.75) is 32.9 Å². The number of carbonyl (C=O) groups is 1. The molecule has 7 heteroatoms. The van der Waals surface area contributed by atoms with Gasteiger partial charge in [-0.25, -0.2) is 0 Å². The molecule has 1 heterocycles. The van der Waals surface area contributed by atoms with Crippen LogP contribution in [0, 0.1) is 5.92 Å². The number of para-hydroxylation sites is 1. The fourth-order valence-corrected chi connectivity index (χ4v) is 3.64. The molecule has 1 saturated heterocycles. The number of hydrogen-bond acceptors (Lipinski definition) is 4. The SMILES string of the molecule is CCOC(=O)C1CCN(C(=NC)NCc2ccccc2COc2ccccc2)CC1.I. The summed E-state index contributed by atoms with van der Waals surface area (Å²) in [7, 11) is 1.80. The average Bonchev–Trinajstić information content (AvgIpc) is 2.80. The van der Waals surface area contributed by atoms with Crippen molar-refractivity contribution in [3.05, 3.63) is 65.7 Å². The summed E-state index contributed by atoms with van der Waals surface area (Å²) in [5.74, 6) is 1.64. The smallest absolute Gasteiger partial charge is 0.309 e. The van der Waals surface area contributed by atoms with E-state index >= 15 is 0 Å². The van der Waals surface area contributed by atoms with Gasteiger partial charge in [-0.05, 0) is 43.0 Å². The number of halogens is 1. The number of ether oxygens (including phenoxy) is 2. The number of guanidine groups is 1. The number of benzene rings is 2. The lowest BCUT2D eigenvalue weighted by atomic mass is 9.97. The minimum atomic E-state index is -0.0764. The largest absolute Gasteiger partial charge is 0.489 e. The van der Waals surface area contributed by atoms with Crippen LogP contribution in [-0.2, 0) is 22.7 Å². The molecule has 0 saturated carbocycles. The Bertz CT molecular complexity index is 837. The lowest BCUT2D eigenvalue weighted by Gasteiger charge is -2.33. The van der Waals surface area contributed by atoms with Gasteiger partial charge in [0.25, 0.3) is 0 Å². The molecule has 3 rings (SSSR count). The minimum Gasteiger partial charge on any atom is -0.489 e. The van der Waals surface area contributed by atoms with E-state index in [1.165, 1.54) is 5.56 Å². The highest BCUT2D eigenvalue weighted by molar-refractivity contribution is 14.0. The summed E-state index contributed by atoms with van der Waals surface area (Å²) >= 11 is 0. The second-order valence-corrected chi connectivity index (χ2v) is 7.28. The lowest BCUT2D eigenvalue weighted by Crippen LogP contribution is -2.46. The topological polar surface area (TPSA) is 63.2 Å². The van der Waals surface area contributed by atoms with Crippen LogP contribution in [0.1, 0.15) is 30.9 Å². The summed E-state index contributed by atoms with van der Waals surface area (Å²) in [4.78, 5) is 18.6. The van der Waals surface area contributed by atoms with E-state index in [0.717, 1.165) is 43.2 Å². The van der Waals surface area contributed by atoms with Gasteiger partial charge >= 0.3 is 5.97 Å². The predicted molar refractivity (Wildman–Crippen MR) is 134 cm³/mol. The maximum atomic E-state index is 12.0. The molecular formula is C24H32IN3O3. The maximum Gasteiger partial charge on any atom is 0.309 e. The van der Waals surface area contributed by atoms with E-state index in [4.69, 9.17) is 9.47 Å². The first-order valence-corrected chi connectivity index (χ1v) is 10.6. The lowest BCUT2D eigenvalue weighted by molar-refractivity contribution is -0.149. The van der Waals surface area contributed by atoms with Gasteiger partial charge in [0.2, 0.25) is 0 Å². The van der Waals surface area contributed by atoms with Crippen LogP contribution < -0.4 is 10.1 Å². The molecule has 0 unspecified atom stereocenters. The fraction of sp³-hybridized carbons (Fsp3) is 0.417. The second-order valence-electron chi connectivity index (χ2n) is 7.28. The monoisotopic (exact) mass is 537 g/mol. The molecular weight excluding hydrogens is 505 g/mol. The number of rotatable bonds is 7. The molecule has 1 N–H and O–H groups in total. The number of hydrogen-bond donors (Lipinski definition) is 1. The summed E-state index contributed by atoms with van der Waals surface area (Å²) in [5, 5.41) is 3.47. The van der Waals surface area contributed by atoms with Crippen molar-refractivity contribution in [1.82, 2.24) is 10.2 Å². The van der Waals surface area contributed by atoms with Crippen LogP contribution in [0.4, 0.5) is 0 Å². The molecule has 2 aromatic carbocycles. The third-order valence-electron chi connectivity index (χ3n) is 5.32. The molecule has 0 aliphatic carbocycles. The van der Waals surface area contributed by atoms with Crippen LogP contribution in [0.25, 0.3) is 0 Å². The molecule has 31 heavy (non-hydrogen) atoms. The van der Waals surface area contributed by atoms with Gasteiger partial charge in [0, 0.05) is 26.7 Å². The Hall–Kier alpha value is -2.29. The van der Waals surface area contributed by atoms with E-state index in [-0.39, 0.29) is 35.9 Å². The van der Waals surface area contributed by atoms with Gasteiger partial charge in [-0.3, -0.25) is 9.79 Å². The Morgan fingerprint density at radius 2 is 1.71 bits per heavy atom.